The van der Waals surface area contributed by atoms with Gasteiger partial charge >= 0.3 is 0 Å². The molecule has 0 saturated heterocycles. The van der Waals surface area contributed by atoms with Gasteiger partial charge in [0, 0.05) is 11.4 Å². The van der Waals surface area contributed by atoms with Crippen LogP contribution in [0.4, 0.5) is 11.4 Å². The topological polar surface area (TPSA) is 84.6 Å². The van der Waals surface area contributed by atoms with E-state index in [1.165, 1.54) is 0 Å². The fraction of sp³-hybridized carbons (Fsp3) is 0.364. The highest BCUT2D eigenvalue weighted by atomic mass is 16.5. The van der Waals surface area contributed by atoms with Crippen LogP contribution in [-0.2, 0) is 9.53 Å². The number of hydrogen-bond acceptors (Lipinski definition) is 4. The number of aryl methyl sites for hydroxylation is 1. The van der Waals surface area contributed by atoms with Crippen LogP contribution in [0.1, 0.15) is 5.56 Å². The summed E-state index contributed by atoms with van der Waals surface area (Å²) in [6, 6.07) is 5.30. The Morgan fingerprint density at radius 1 is 1.56 bits per heavy atom. The number of benzene rings is 1. The monoisotopic (exact) mass is 224 g/mol. The van der Waals surface area contributed by atoms with Crippen LogP contribution in [0.15, 0.2) is 18.2 Å². The molecule has 1 rings (SSSR count). The predicted molar refractivity (Wildman–Crippen MR) is 62.1 cm³/mol. The van der Waals surface area contributed by atoms with Gasteiger partial charge in [-0.1, -0.05) is 6.07 Å². The molecular formula is C11H16N2O3. The van der Waals surface area contributed by atoms with Gasteiger partial charge in [0.2, 0.25) is 5.91 Å². The molecule has 1 amide bonds. The van der Waals surface area contributed by atoms with E-state index < -0.39 is 0 Å². The van der Waals surface area contributed by atoms with Gasteiger partial charge in [0.1, 0.15) is 6.61 Å². The maximum absolute atomic E-state index is 11.4. The Morgan fingerprint density at radius 2 is 2.31 bits per heavy atom. The van der Waals surface area contributed by atoms with Crippen molar-refractivity contribution >= 4 is 17.3 Å². The minimum absolute atomic E-state index is 0.0746. The van der Waals surface area contributed by atoms with Crippen molar-refractivity contribution in [1.82, 2.24) is 0 Å². The molecule has 0 saturated carbocycles. The average molecular weight is 224 g/mol. The first-order valence-electron chi connectivity index (χ1n) is 4.98. The highest BCUT2D eigenvalue weighted by Crippen LogP contribution is 2.17. The van der Waals surface area contributed by atoms with Crippen molar-refractivity contribution in [3.63, 3.8) is 0 Å². The Labute approximate surface area is 94.2 Å². The first-order chi connectivity index (χ1) is 7.63. The molecule has 0 aliphatic rings. The number of rotatable bonds is 5. The maximum Gasteiger partial charge on any atom is 0.250 e. The molecule has 0 fully saturated rings. The van der Waals surface area contributed by atoms with E-state index in [2.05, 4.69) is 5.32 Å². The molecule has 0 spiro atoms. The second-order valence-corrected chi connectivity index (χ2v) is 3.40. The van der Waals surface area contributed by atoms with Gasteiger partial charge in [-0.25, -0.2) is 0 Å². The SMILES string of the molecule is Cc1ccc(N)cc1NC(=O)COCCO. The molecule has 0 aliphatic carbocycles. The number of aliphatic hydroxyl groups is 1. The molecule has 0 aliphatic heterocycles. The van der Waals surface area contributed by atoms with Gasteiger partial charge in [0.25, 0.3) is 0 Å². The van der Waals surface area contributed by atoms with Gasteiger partial charge in [0.15, 0.2) is 0 Å². The fourth-order valence-electron chi connectivity index (χ4n) is 1.19. The fourth-order valence-corrected chi connectivity index (χ4v) is 1.19. The van der Waals surface area contributed by atoms with Crippen molar-refractivity contribution < 1.29 is 14.6 Å². The molecule has 0 bridgehead atoms. The molecule has 5 nitrogen and oxygen atoms in total. The van der Waals surface area contributed by atoms with Crippen LogP contribution in [0.2, 0.25) is 0 Å². The number of carbonyl (C=O) groups is 1. The summed E-state index contributed by atoms with van der Waals surface area (Å²) in [5.74, 6) is -0.262. The predicted octanol–water partition coefficient (Wildman–Crippen LogP) is 0.525. The summed E-state index contributed by atoms with van der Waals surface area (Å²) in [4.78, 5) is 11.4. The molecule has 0 aromatic heterocycles. The van der Waals surface area contributed by atoms with Crippen molar-refractivity contribution in [2.75, 3.05) is 30.9 Å². The van der Waals surface area contributed by atoms with E-state index in [1.54, 1.807) is 12.1 Å². The Morgan fingerprint density at radius 3 is 3.00 bits per heavy atom. The normalized spacial score (nSPS) is 10.1. The number of anilines is 2. The number of hydrogen-bond donors (Lipinski definition) is 3. The zero-order valence-corrected chi connectivity index (χ0v) is 9.19. The van der Waals surface area contributed by atoms with Crippen LogP contribution < -0.4 is 11.1 Å². The number of amides is 1. The smallest absolute Gasteiger partial charge is 0.250 e. The summed E-state index contributed by atoms with van der Waals surface area (Å²) in [5.41, 5.74) is 7.82. The second-order valence-electron chi connectivity index (χ2n) is 3.40. The molecular weight excluding hydrogens is 208 g/mol. The van der Waals surface area contributed by atoms with E-state index in [0.29, 0.717) is 11.4 Å². The van der Waals surface area contributed by atoms with E-state index in [1.807, 2.05) is 13.0 Å². The largest absolute Gasteiger partial charge is 0.399 e. The maximum atomic E-state index is 11.4. The van der Waals surface area contributed by atoms with Crippen molar-refractivity contribution in [1.29, 1.82) is 0 Å². The average Bonchev–Trinajstić information content (AvgIpc) is 2.24. The van der Waals surface area contributed by atoms with Crippen molar-refractivity contribution in [3.8, 4) is 0 Å². The highest BCUT2D eigenvalue weighted by Gasteiger charge is 2.04. The molecule has 88 valence electrons. The van der Waals surface area contributed by atoms with E-state index in [0.717, 1.165) is 5.56 Å². The minimum atomic E-state index is -0.262. The van der Waals surface area contributed by atoms with E-state index in [4.69, 9.17) is 15.6 Å². The lowest BCUT2D eigenvalue weighted by atomic mass is 10.2. The van der Waals surface area contributed by atoms with Crippen LogP contribution in [0.3, 0.4) is 0 Å². The third kappa shape index (κ3) is 3.88. The number of nitrogens with one attached hydrogen (secondary N) is 1. The summed E-state index contributed by atoms with van der Waals surface area (Å²) in [6.45, 7) is 1.87. The van der Waals surface area contributed by atoms with Gasteiger partial charge in [0.05, 0.1) is 13.2 Å². The molecule has 16 heavy (non-hydrogen) atoms. The summed E-state index contributed by atoms with van der Waals surface area (Å²) < 4.78 is 4.89. The number of ether oxygens (including phenoxy) is 1. The van der Waals surface area contributed by atoms with Crippen LogP contribution in [0.25, 0.3) is 0 Å². The Kier molecular flexibility index (Phi) is 4.75. The Hall–Kier alpha value is -1.59. The summed E-state index contributed by atoms with van der Waals surface area (Å²) >= 11 is 0. The van der Waals surface area contributed by atoms with Gasteiger partial charge in [-0.15, -0.1) is 0 Å². The number of nitrogen functional groups attached to an aromatic ring is 1. The molecule has 0 atom stereocenters. The third-order valence-electron chi connectivity index (χ3n) is 2.00. The van der Waals surface area contributed by atoms with Gasteiger partial charge in [-0.2, -0.15) is 0 Å². The van der Waals surface area contributed by atoms with E-state index in [9.17, 15) is 4.79 Å². The van der Waals surface area contributed by atoms with Gasteiger partial charge < -0.3 is 20.9 Å². The first-order valence-corrected chi connectivity index (χ1v) is 4.98. The summed E-state index contributed by atoms with van der Waals surface area (Å²) in [7, 11) is 0. The quantitative estimate of drug-likeness (QED) is 0.503. The molecule has 5 heteroatoms. The Balaban J connectivity index is 2.52. The van der Waals surface area contributed by atoms with Crippen molar-refractivity contribution in [2.45, 2.75) is 6.92 Å². The summed E-state index contributed by atoms with van der Waals surface area (Å²) in [5, 5.41) is 11.2. The number of nitrogens with two attached hydrogens (primary N) is 1. The van der Waals surface area contributed by atoms with Crippen LogP contribution in [0, 0.1) is 6.92 Å². The lowest BCUT2D eigenvalue weighted by molar-refractivity contribution is -0.120. The molecule has 4 N–H and O–H groups in total. The van der Waals surface area contributed by atoms with Crippen LogP contribution in [0.5, 0.6) is 0 Å². The van der Waals surface area contributed by atoms with Crippen molar-refractivity contribution in [2.24, 2.45) is 0 Å². The molecule has 0 heterocycles. The molecule has 0 radical (unpaired) electrons. The zero-order valence-electron chi connectivity index (χ0n) is 9.19. The summed E-state index contributed by atoms with van der Waals surface area (Å²) in [6.07, 6.45) is 0. The lowest BCUT2D eigenvalue weighted by Crippen LogP contribution is -2.19. The van der Waals surface area contributed by atoms with E-state index in [-0.39, 0.29) is 25.7 Å². The molecule has 0 unspecified atom stereocenters. The number of carbonyl (C=O) groups excluding carboxylic acids is 1. The Bertz CT molecular complexity index is 366. The zero-order chi connectivity index (χ0) is 12.0. The standard InChI is InChI=1S/C11H16N2O3/c1-8-2-3-9(12)6-10(8)13-11(15)7-16-5-4-14/h2-3,6,14H,4-5,7,12H2,1H3,(H,13,15). The van der Waals surface area contributed by atoms with Gasteiger partial charge in [-0.3, -0.25) is 4.79 Å². The van der Waals surface area contributed by atoms with Crippen molar-refractivity contribution in [3.05, 3.63) is 23.8 Å². The van der Waals surface area contributed by atoms with E-state index >= 15 is 0 Å². The lowest BCUT2D eigenvalue weighted by Gasteiger charge is -2.09. The highest BCUT2D eigenvalue weighted by molar-refractivity contribution is 5.92. The van der Waals surface area contributed by atoms with Crippen LogP contribution >= 0.6 is 0 Å². The molecule has 1 aromatic carbocycles. The second kappa shape index (κ2) is 6.09. The number of aliphatic hydroxyl groups excluding tert-OH is 1. The minimum Gasteiger partial charge on any atom is -0.399 e. The van der Waals surface area contributed by atoms with Gasteiger partial charge in [-0.05, 0) is 24.6 Å². The molecule has 1 aromatic rings. The third-order valence-corrected chi connectivity index (χ3v) is 2.00. The first kappa shape index (κ1) is 12.5. The van der Waals surface area contributed by atoms with Crippen LogP contribution in [-0.4, -0.2) is 30.8 Å².